The molecule has 0 radical (unpaired) electrons. The molecule has 0 atom stereocenters. The van der Waals surface area contributed by atoms with Crippen molar-refractivity contribution in [2.24, 2.45) is 0 Å². The minimum absolute atomic E-state index is 0.179. The summed E-state index contributed by atoms with van der Waals surface area (Å²) in [4.78, 5) is 0. The van der Waals surface area contributed by atoms with Crippen LogP contribution in [0.4, 0.5) is 0 Å². The van der Waals surface area contributed by atoms with Crippen LogP contribution in [-0.2, 0) is 0 Å². The fourth-order valence-corrected chi connectivity index (χ4v) is 2.26. The molecule has 68 valence electrons. The lowest BCUT2D eigenvalue weighted by Crippen LogP contribution is -2.11. The van der Waals surface area contributed by atoms with Crippen molar-refractivity contribution in [1.29, 1.82) is 0 Å². The summed E-state index contributed by atoms with van der Waals surface area (Å²) in [6.45, 7) is 8.05. The number of benzene rings is 1. The van der Waals surface area contributed by atoms with Crippen molar-refractivity contribution >= 4 is 20.8 Å². The third-order valence-corrected chi connectivity index (χ3v) is 3.92. The molecule has 1 aromatic carbocycles. The van der Waals surface area contributed by atoms with E-state index >= 15 is 0 Å². The molecule has 1 heteroatoms. The third-order valence-electron chi connectivity index (χ3n) is 1.96. The summed E-state index contributed by atoms with van der Waals surface area (Å²) in [5.41, 5.74) is 5.01. The van der Waals surface area contributed by atoms with E-state index in [1.807, 2.05) is 6.08 Å². The van der Waals surface area contributed by atoms with E-state index in [0.717, 1.165) is 0 Å². The van der Waals surface area contributed by atoms with E-state index < -0.39 is 0 Å². The van der Waals surface area contributed by atoms with Crippen molar-refractivity contribution in [3.63, 3.8) is 0 Å². The molecule has 0 aliphatic rings. The predicted octanol–water partition coefficient (Wildman–Crippen LogP) is 2.05. The van der Waals surface area contributed by atoms with Gasteiger partial charge in [0.1, 0.15) is 0 Å². The summed E-state index contributed by atoms with van der Waals surface area (Å²) < 4.78 is 0. The van der Waals surface area contributed by atoms with Gasteiger partial charge in [-0.25, -0.2) is 0 Å². The lowest BCUT2D eigenvalue weighted by Gasteiger charge is -1.97. The van der Waals surface area contributed by atoms with Gasteiger partial charge in [-0.2, -0.15) is 0 Å². The molecule has 0 unspecified atom stereocenters. The van der Waals surface area contributed by atoms with Crippen LogP contribution in [0.5, 0.6) is 0 Å². The predicted molar refractivity (Wildman–Crippen MR) is 64.1 cm³/mol. The second kappa shape index (κ2) is 4.82. The number of allylic oxidation sites excluding steroid dienone is 1. The highest BCUT2D eigenvalue weighted by Crippen LogP contribution is 1.97. The van der Waals surface area contributed by atoms with E-state index in [0.29, 0.717) is 0 Å². The highest BCUT2D eigenvalue weighted by atomic mass is 28.2. The third kappa shape index (κ3) is 3.43. The van der Waals surface area contributed by atoms with Gasteiger partial charge in [-0.05, 0) is 19.4 Å². The molecule has 0 saturated carbocycles. The first-order valence-corrected chi connectivity index (χ1v) is 6.09. The van der Waals surface area contributed by atoms with Crippen molar-refractivity contribution in [1.82, 2.24) is 0 Å². The maximum absolute atomic E-state index is 3.73. The molecular formula is C12H16Si. The minimum atomic E-state index is -0.179. The minimum Gasteiger partial charge on any atom is -0.0985 e. The van der Waals surface area contributed by atoms with Gasteiger partial charge in [-0.15, -0.1) is 0 Å². The van der Waals surface area contributed by atoms with Gasteiger partial charge in [0.25, 0.3) is 0 Å². The lowest BCUT2D eigenvalue weighted by molar-refractivity contribution is 1.41. The van der Waals surface area contributed by atoms with Crippen molar-refractivity contribution in [3.8, 4) is 0 Å². The lowest BCUT2D eigenvalue weighted by atomic mass is 10.2. The van der Waals surface area contributed by atoms with Crippen LogP contribution < -0.4 is 5.19 Å². The van der Waals surface area contributed by atoms with Crippen LogP contribution >= 0.6 is 0 Å². The van der Waals surface area contributed by atoms with Crippen LogP contribution in [0.1, 0.15) is 19.4 Å². The van der Waals surface area contributed by atoms with E-state index in [1.54, 1.807) is 0 Å². The monoisotopic (exact) mass is 188 g/mol. The number of hydrogen-bond donors (Lipinski definition) is 0. The fraction of sp³-hybridized carbons (Fsp3) is 0.167. The van der Waals surface area contributed by atoms with Crippen LogP contribution in [0.3, 0.4) is 0 Å². The summed E-state index contributed by atoms with van der Waals surface area (Å²) in [5.74, 6) is 0. The van der Waals surface area contributed by atoms with Gasteiger partial charge in [0, 0.05) is 0 Å². The van der Waals surface area contributed by atoms with Crippen molar-refractivity contribution in [2.75, 3.05) is 0 Å². The summed E-state index contributed by atoms with van der Waals surface area (Å²) in [6.07, 6.45) is 1.88. The smallest absolute Gasteiger partial charge is 0.0782 e. The topological polar surface area (TPSA) is 0 Å². The molecule has 1 aromatic rings. The van der Waals surface area contributed by atoms with Gasteiger partial charge in [-0.3, -0.25) is 0 Å². The van der Waals surface area contributed by atoms with Crippen molar-refractivity contribution < 1.29 is 0 Å². The molecule has 0 aromatic heterocycles. The molecule has 0 amide bonds. The molecule has 0 saturated heterocycles. The zero-order chi connectivity index (χ0) is 9.68. The molecule has 1 rings (SSSR count). The average Bonchev–Trinajstić information content (AvgIpc) is 2.15. The molecule has 13 heavy (non-hydrogen) atoms. The number of rotatable bonds is 3. The summed E-state index contributed by atoms with van der Waals surface area (Å²) in [6, 6.07) is 8.69. The second-order valence-corrected chi connectivity index (χ2v) is 5.06. The quantitative estimate of drug-likeness (QED) is 0.637. The second-order valence-electron chi connectivity index (χ2n) is 3.43. The maximum atomic E-state index is 3.73. The molecule has 0 nitrogen and oxygen atoms in total. The van der Waals surface area contributed by atoms with Gasteiger partial charge < -0.3 is 0 Å². The Bertz CT molecular complexity index is 302. The van der Waals surface area contributed by atoms with Gasteiger partial charge in [-0.1, -0.05) is 53.4 Å². The summed E-state index contributed by atoms with van der Waals surface area (Å²) in [5, 5.41) is 1.49. The largest absolute Gasteiger partial charge is 0.0985 e. The first kappa shape index (κ1) is 10.0. The molecular weight excluding hydrogens is 172 g/mol. The Kier molecular flexibility index (Phi) is 3.71. The standard InChI is InChI=1S/C12H16Si/c1-4-11-5-7-12(8-6-11)13-9-10(2)3/h4-9H,1,13H2,2-3H3. The van der Waals surface area contributed by atoms with Crippen LogP contribution in [0.15, 0.2) is 42.1 Å². The van der Waals surface area contributed by atoms with Gasteiger partial charge >= 0.3 is 0 Å². The molecule has 0 bridgehead atoms. The van der Waals surface area contributed by atoms with Crippen LogP contribution in [-0.4, -0.2) is 9.52 Å². The SMILES string of the molecule is C=Cc1ccc([SiH2]C=C(C)C)cc1. The molecule has 0 aliphatic heterocycles. The maximum Gasteiger partial charge on any atom is 0.0782 e. The van der Waals surface area contributed by atoms with Gasteiger partial charge in [0.15, 0.2) is 0 Å². The summed E-state index contributed by atoms with van der Waals surface area (Å²) >= 11 is 0. The normalized spacial score (nSPS) is 10.3. The zero-order valence-electron chi connectivity index (χ0n) is 8.38. The fourth-order valence-electron chi connectivity index (χ4n) is 1.11. The summed E-state index contributed by atoms with van der Waals surface area (Å²) in [7, 11) is -0.179. The number of hydrogen-bond acceptors (Lipinski definition) is 0. The Labute approximate surface area is 82.8 Å². The Balaban J connectivity index is 2.69. The van der Waals surface area contributed by atoms with Crippen LogP contribution in [0.25, 0.3) is 6.08 Å². The van der Waals surface area contributed by atoms with Gasteiger partial charge in [0.2, 0.25) is 0 Å². The molecule has 0 spiro atoms. The van der Waals surface area contributed by atoms with E-state index in [4.69, 9.17) is 0 Å². The van der Waals surface area contributed by atoms with Gasteiger partial charge in [0.05, 0.1) is 9.52 Å². The van der Waals surface area contributed by atoms with Crippen molar-refractivity contribution in [2.45, 2.75) is 13.8 Å². The van der Waals surface area contributed by atoms with Crippen LogP contribution in [0, 0.1) is 0 Å². The Hall–Kier alpha value is -1.08. The first-order valence-electron chi connectivity index (χ1n) is 4.57. The molecule has 0 heterocycles. The van der Waals surface area contributed by atoms with Crippen LogP contribution in [0.2, 0.25) is 0 Å². The molecule has 0 fully saturated rings. The molecule has 0 aliphatic carbocycles. The van der Waals surface area contributed by atoms with E-state index in [9.17, 15) is 0 Å². The Morgan fingerprint density at radius 1 is 1.23 bits per heavy atom. The first-order chi connectivity index (χ1) is 6.22. The Morgan fingerprint density at radius 2 is 1.85 bits per heavy atom. The highest BCUT2D eigenvalue weighted by molar-refractivity contribution is 6.58. The van der Waals surface area contributed by atoms with E-state index in [1.165, 1.54) is 16.3 Å². The van der Waals surface area contributed by atoms with E-state index in [2.05, 4.69) is 50.4 Å². The Morgan fingerprint density at radius 3 is 2.31 bits per heavy atom. The molecule has 0 N–H and O–H groups in total. The highest BCUT2D eigenvalue weighted by Gasteiger charge is 1.90. The van der Waals surface area contributed by atoms with Crippen molar-refractivity contribution in [3.05, 3.63) is 47.7 Å². The van der Waals surface area contributed by atoms with E-state index in [-0.39, 0.29) is 9.52 Å². The zero-order valence-corrected chi connectivity index (χ0v) is 9.79. The average molecular weight is 188 g/mol.